The minimum atomic E-state index is -3.63. The molecule has 2 heterocycles. The molecule has 0 radical (unpaired) electrons. The van der Waals surface area contributed by atoms with Crippen molar-refractivity contribution in [3.63, 3.8) is 0 Å². The van der Waals surface area contributed by atoms with E-state index in [0.717, 1.165) is 5.56 Å². The minimum absolute atomic E-state index is 0.115. The fraction of sp³-hybridized carbons (Fsp3) is 0.208. The van der Waals surface area contributed by atoms with Gasteiger partial charge in [0, 0.05) is 18.9 Å². The number of ether oxygens (including phenoxy) is 1. The Balaban J connectivity index is 1.51. The molecule has 0 aliphatic carbocycles. The third kappa shape index (κ3) is 5.01. The molecule has 34 heavy (non-hydrogen) atoms. The molecule has 0 fully saturated rings. The molecule has 10 heteroatoms. The summed E-state index contributed by atoms with van der Waals surface area (Å²) in [6, 6.07) is 16.9. The number of fused-ring (bicyclic) bond motifs is 1. The van der Waals surface area contributed by atoms with Crippen molar-refractivity contribution in [2.24, 2.45) is 0 Å². The van der Waals surface area contributed by atoms with Crippen molar-refractivity contribution in [1.82, 2.24) is 10.3 Å². The predicted octanol–water partition coefficient (Wildman–Crippen LogP) is 2.57. The number of pyridine rings is 1. The van der Waals surface area contributed by atoms with Crippen molar-refractivity contribution in [3.05, 3.63) is 84.2 Å². The van der Waals surface area contributed by atoms with Gasteiger partial charge in [-0.15, -0.1) is 0 Å². The van der Waals surface area contributed by atoms with Gasteiger partial charge in [-0.05, 0) is 42.8 Å². The van der Waals surface area contributed by atoms with Crippen LogP contribution in [0.25, 0.3) is 0 Å². The summed E-state index contributed by atoms with van der Waals surface area (Å²) in [5.41, 5.74) is 1.80. The lowest BCUT2D eigenvalue weighted by Crippen LogP contribution is -2.49. The molecule has 0 saturated heterocycles. The Bertz CT molecular complexity index is 1300. The summed E-state index contributed by atoms with van der Waals surface area (Å²) in [7, 11) is -3.63. The highest BCUT2D eigenvalue weighted by Gasteiger charge is 2.36. The van der Waals surface area contributed by atoms with E-state index in [1.807, 2.05) is 6.07 Å². The third-order valence-corrected chi connectivity index (χ3v) is 7.08. The van der Waals surface area contributed by atoms with Gasteiger partial charge in [0.15, 0.2) is 6.10 Å². The monoisotopic (exact) mass is 480 g/mol. The highest BCUT2D eigenvalue weighted by atomic mass is 32.2. The summed E-state index contributed by atoms with van der Waals surface area (Å²) in [5.74, 6) is -0.744. The standard InChI is InChI=1S/C24H24N4O5S/c1-2-34(31,32)28-16-22(33-21-12-6-5-11-20(21)28)24(30)27-19-10-4-3-9-18(19)23(29)26-15-17-8-7-13-25-14-17/h3-14,22H,2,15-16H2,1H3,(H,26,29)(H,27,30)/t22-/m1/s1. The van der Waals surface area contributed by atoms with Crippen LogP contribution in [0.2, 0.25) is 0 Å². The Morgan fingerprint density at radius 2 is 1.85 bits per heavy atom. The Labute approximate surface area is 197 Å². The van der Waals surface area contributed by atoms with Crippen LogP contribution in [0.5, 0.6) is 5.75 Å². The van der Waals surface area contributed by atoms with Crippen LogP contribution in [0.1, 0.15) is 22.8 Å². The maximum Gasteiger partial charge on any atom is 0.267 e. The van der Waals surface area contributed by atoms with Crippen molar-refractivity contribution >= 4 is 33.2 Å². The lowest BCUT2D eigenvalue weighted by molar-refractivity contribution is -0.122. The molecule has 0 bridgehead atoms. The Kier molecular flexibility index (Phi) is 6.78. The van der Waals surface area contributed by atoms with Gasteiger partial charge in [-0.25, -0.2) is 8.42 Å². The van der Waals surface area contributed by atoms with Gasteiger partial charge in [0.1, 0.15) is 5.75 Å². The molecule has 9 nitrogen and oxygen atoms in total. The zero-order valence-electron chi connectivity index (χ0n) is 18.5. The number of anilines is 2. The van der Waals surface area contributed by atoms with Gasteiger partial charge in [-0.2, -0.15) is 0 Å². The van der Waals surface area contributed by atoms with E-state index in [9.17, 15) is 18.0 Å². The quantitative estimate of drug-likeness (QED) is 0.537. The van der Waals surface area contributed by atoms with Crippen LogP contribution in [0, 0.1) is 0 Å². The number of nitrogens with one attached hydrogen (secondary N) is 2. The molecular formula is C24H24N4O5S. The topological polar surface area (TPSA) is 118 Å². The SMILES string of the molecule is CCS(=O)(=O)N1C[C@H](C(=O)Nc2ccccc2C(=O)NCc2cccnc2)Oc2ccccc21. The van der Waals surface area contributed by atoms with Crippen LogP contribution < -0.4 is 19.7 Å². The van der Waals surface area contributed by atoms with Crippen molar-refractivity contribution in [2.45, 2.75) is 19.6 Å². The van der Waals surface area contributed by atoms with Crippen LogP contribution in [0.15, 0.2) is 73.1 Å². The van der Waals surface area contributed by atoms with Gasteiger partial charge in [0.05, 0.1) is 29.2 Å². The molecule has 176 valence electrons. The molecular weight excluding hydrogens is 456 g/mol. The molecule has 1 aliphatic heterocycles. The van der Waals surface area contributed by atoms with Gasteiger partial charge in [0.25, 0.3) is 11.8 Å². The maximum atomic E-state index is 13.1. The Morgan fingerprint density at radius 3 is 2.62 bits per heavy atom. The highest BCUT2D eigenvalue weighted by molar-refractivity contribution is 7.92. The second-order valence-electron chi connectivity index (χ2n) is 7.58. The van der Waals surface area contributed by atoms with E-state index < -0.39 is 22.0 Å². The summed E-state index contributed by atoms with van der Waals surface area (Å²) in [6.45, 7) is 1.65. The van der Waals surface area contributed by atoms with Gasteiger partial charge in [-0.3, -0.25) is 18.9 Å². The van der Waals surface area contributed by atoms with Crippen molar-refractivity contribution in [2.75, 3.05) is 21.9 Å². The van der Waals surface area contributed by atoms with E-state index in [0.29, 0.717) is 17.1 Å². The molecule has 3 aromatic rings. The summed E-state index contributed by atoms with van der Waals surface area (Å²) in [6.07, 6.45) is 2.21. The number of hydrogen-bond acceptors (Lipinski definition) is 6. The Hall–Kier alpha value is -3.92. The highest BCUT2D eigenvalue weighted by Crippen LogP contribution is 2.35. The molecule has 4 rings (SSSR count). The van der Waals surface area contributed by atoms with Crippen molar-refractivity contribution < 1.29 is 22.7 Å². The molecule has 2 aromatic carbocycles. The van der Waals surface area contributed by atoms with Gasteiger partial charge in [-0.1, -0.05) is 30.3 Å². The van der Waals surface area contributed by atoms with E-state index in [-0.39, 0.29) is 30.3 Å². The normalized spacial score (nSPS) is 15.1. The molecule has 2 amide bonds. The first kappa shape index (κ1) is 23.2. The number of sulfonamides is 1. The summed E-state index contributed by atoms with van der Waals surface area (Å²) < 4.78 is 32.3. The second kappa shape index (κ2) is 9.92. The average Bonchev–Trinajstić information content (AvgIpc) is 2.87. The summed E-state index contributed by atoms with van der Waals surface area (Å²) in [5, 5.41) is 5.53. The number of rotatable bonds is 7. The molecule has 0 saturated carbocycles. The molecule has 0 unspecified atom stereocenters. The fourth-order valence-electron chi connectivity index (χ4n) is 3.54. The molecule has 1 atom stereocenters. The molecule has 0 spiro atoms. The average molecular weight is 481 g/mol. The van der Waals surface area contributed by atoms with E-state index >= 15 is 0 Å². The van der Waals surface area contributed by atoms with Crippen LogP contribution >= 0.6 is 0 Å². The number of carbonyl (C=O) groups is 2. The van der Waals surface area contributed by atoms with E-state index in [1.54, 1.807) is 73.9 Å². The number of nitrogens with zero attached hydrogens (tertiary/aromatic N) is 2. The number of benzene rings is 2. The fourth-order valence-corrected chi connectivity index (χ4v) is 4.67. The number of hydrogen-bond donors (Lipinski definition) is 2. The Morgan fingerprint density at radius 1 is 1.09 bits per heavy atom. The molecule has 1 aromatic heterocycles. The van der Waals surface area contributed by atoms with Crippen LogP contribution in [0.3, 0.4) is 0 Å². The van der Waals surface area contributed by atoms with Crippen molar-refractivity contribution in [3.8, 4) is 5.75 Å². The molecule has 1 aliphatic rings. The largest absolute Gasteiger partial charge is 0.476 e. The maximum absolute atomic E-state index is 13.1. The van der Waals surface area contributed by atoms with Gasteiger partial charge < -0.3 is 15.4 Å². The first-order chi connectivity index (χ1) is 16.4. The number of para-hydroxylation sites is 3. The second-order valence-corrected chi connectivity index (χ2v) is 9.77. The zero-order chi connectivity index (χ0) is 24.1. The third-order valence-electron chi connectivity index (χ3n) is 5.33. The minimum Gasteiger partial charge on any atom is -0.476 e. The lowest BCUT2D eigenvalue weighted by atomic mass is 10.1. The van der Waals surface area contributed by atoms with Gasteiger partial charge >= 0.3 is 0 Å². The predicted molar refractivity (Wildman–Crippen MR) is 128 cm³/mol. The first-order valence-corrected chi connectivity index (χ1v) is 12.3. The number of carbonyl (C=O) groups excluding carboxylic acids is 2. The van der Waals surface area contributed by atoms with Gasteiger partial charge in [0.2, 0.25) is 10.0 Å². The van der Waals surface area contributed by atoms with Crippen LogP contribution in [-0.2, 0) is 21.4 Å². The summed E-state index contributed by atoms with van der Waals surface area (Å²) >= 11 is 0. The van der Waals surface area contributed by atoms with E-state index in [2.05, 4.69) is 15.6 Å². The van der Waals surface area contributed by atoms with E-state index in [1.165, 1.54) is 4.31 Å². The van der Waals surface area contributed by atoms with E-state index in [4.69, 9.17) is 4.74 Å². The summed E-state index contributed by atoms with van der Waals surface area (Å²) in [4.78, 5) is 29.9. The zero-order valence-corrected chi connectivity index (χ0v) is 19.3. The molecule has 2 N–H and O–H groups in total. The number of amides is 2. The van der Waals surface area contributed by atoms with Crippen LogP contribution in [-0.4, -0.2) is 43.6 Å². The lowest BCUT2D eigenvalue weighted by Gasteiger charge is -2.34. The van der Waals surface area contributed by atoms with Crippen LogP contribution in [0.4, 0.5) is 11.4 Å². The van der Waals surface area contributed by atoms with Crippen molar-refractivity contribution in [1.29, 1.82) is 0 Å². The number of aromatic nitrogens is 1. The first-order valence-electron chi connectivity index (χ1n) is 10.7. The smallest absolute Gasteiger partial charge is 0.267 e.